The highest BCUT2D eigenvalue weighted by molar-refractivity contribution is 6.20. The third kappa shape index (κ3) is 1.73. The number of rotatable bonds is 2. The number of nitro benzene ring substituents is 1. The van der Waals surface area contributed by atoms with Gasteiger partial charge < -0.3 is 10.2 Å². The lowest BCUT2D eigenvalue weighted by atomic mass is 10.0. The zero-order valence-corrected chi connectivity index (χ0v) is 9.27. The molecule has 1 amide bonds. The Hall–Kier alpha value is -2.32. The van der Waals surface area contributed by atoms with E-state index in [1.165, 1.54) is 31.3 Å². The van der Waals surface area contributed by atoms with E-state index in [1.54, 1.807) is 0 Å². The van der Waals surface area contributed by atoms with Crippen LogP contribution >= 0.6 is 0 Å². The smallest absolute Gasteiger partial charge is 0.309 e. The Morgan fingerprint density at radius 1 is 1.33 bits per heavy atom. The number of nitrogens with zero attached hydrogens (tertiary/aromatic N) is 3. The Bertz CT molecular complexity index is 549. The minimum Gasteiger partial charge on any atom is -0.353 e. The summed E-state index contributed by atoms with van der Waals surface area (Å²) in [7, 11) is 1.28. The molecule has 0 spiro atoms. The molecule has 0 saturated carbocycles. The number of non-ortho nitro benzene ring substituents is 1. The SMILES string of the molecule is CN1N=C(c2ccc([N+](=O)[O-])cc2)C(O)(O)C1=O. The molecule has 1 aliphatic heterocycles. The quantitative estimate of drug-likeness (QED) is 0.415. The molecular formula is C10H9N3O5. The lowest BCUT2D eigenvalue weighted by molar-refractivity contribution is -0.384. The van der Waals surface area contributed by atoms with Crippen LogP contribution in [0.1, 0.15) is 5.56 Å². The second kappa shape index (κ2) is 3.86. The van der Waals surface area contributed by atoms with Crippen molar-refractivity contribution in [2.75, 3.05) is 7.05 Å². The molecule has 1 aromatic carbocycles. The van der Waals surface area contributed by atoms with Crippen molar-refractivity contribution in [2.24, 2.45) is 5.10 Å². The van der Waals surface area contributed by atoms with Gasteiger partial charge in [-0.15, -0.1) is 0 Å². The summed E-state index contributed by atoms with van der Waals surface area (Å²) in [6.07, 6.45) is 0. The van der Waals surface area contributed by atoms with Gasteiger partial charge in [-0.25, -0.2) is 5.01 Å². The van der Waals surface area contributed by atoms with Crippen LogP contribution in [0, 0.1) is 10.1 Å². The first kappa shape index (κ1) is 12.1. The number of benzene rings is 1. The maximum Gasteiger partial charge on any atom is 0.309 e. The van der Waals surface area contributed by atoms with Crippen molar-refractivity contribution in [3.05, 3.63) is 39.9 Å². The maximum atomic E-state index is 11.4. The topological polar surface area (TPSA) is 116 Å². The fourth-order valence-electron chi connectivity index (χ4n) is 1.59. The average molecular weight is 251 g/mol. The van der Waals surface area contributed by atoms with Crippen molar-refractivity contribution in [3.8, 4) is 0 Å². The number of amides is 1. The molecule has 0 atom stereocenters. The van der Waals surface area contributed by atoms with Gasteiger partial charge in [0.15, 0.2) is 0 Å². The number of aliphatic hydroxyl groups is 2. The normalized spacial score (nSPS) is 17.8. The number of likely N-dealkylation sites (N-methyl/N-ethyl adjacent to an activating group) is 1. The van der Waals surface area contributed by atoms with E-state index in [4.69, 9.17) is 0 Å². The fraction of sp³-hybridized carbons (Fsp3) is 0.200. The van der Waals surface area contributed by atoms with Crippen molar-refractivity contribution in [3.63, 3.8) is 0 Å². The third-order valence-corrected chi connectivity index (χ3v) is 2.52. The summed E-state index contributed by atoms with van der Waals surface area (Å²) >= 11 is 0. The van der Waals surface area contributed by atoms with Crippen LogP contribution in [0.15, 0.2) is 29.4 Å². The molecule has 0 aromatic heterocycles. The Labute approximate surface area is 101 Å². The number of carbonyl (C=O) groups excluding carboxylic acids is 1. The van der Waals surface area contributed by atoms with Crippen LogP contribution in [0.25, 0.3) is 0 Å². The number of hydrazone groups is 1. The Morgan fingerprint density at radius 3 is 2.28 bits per heavy atom. The first-order chi connectivity index (χ1) is 8.34. The molecule has 0 unspecified atom stereocenters. The van der Waals surface area contributed by atoms with Crippen molar-refractivity contribution < 1.29 is 19.9 Å². The van der Waals surface area contributed by atoms with Gasteiger partial charge in [0.05, 0.1) is 4.92 Å². The number of hydrogen-bond acceptors (Lipinski definition) is 6. The third-order valence-electron chi connectivity index (χ3n) is 2.52. The summed E-state index contributed by atoms with van der Waals surface area (Å²) in [6.45, 7) is 0. The predicted octanol–water partition coefficient (Wildman–Crippen LogP) is -0.548. The van der Waals surface area contributed by atoms with E-state index in [-0.39, 0.29) is 17.0 Å². The van der Waals surface area contributed by atoms with Gasteiger partial charge in [-0.05, 0) is 12.1 Å². The molecule has 1 aliphatic rings. The molecule has 1 aromatic rings. The zero-order valence-electron chi connectivity index (χ0n) is 9.27. The summed E-state index contributed by atoms with van der Waals surface area (Å²) in [5.41, 5.74) is -0.174. The van der Waals surface area contributed by atoms with Crippen LogP contribution in [0.4, 0.5) is 5.69 Å². The highest BCUT2D eigenvalue weighted by Gasteiger charge is 2.48. The van der Waals surface area contributed by atoms with Gasteiger partial charge >= 0.3 is 5.91 Å². The van der Waals surface area contributed by atoms with Gasteiger partial charge in [0.1, 0.15) is 5.71 Å². The Kier molecular flexibility index (Phi) is 2.60. The molecule has 8 nitrogen and oxygen atoms in total. The van der Waals surface area contributed by atoms with E-state index in [2.05, 4.69) is 5.10 Å². The molecule has 8 heteroatoms. The van der Waals surface area contributed by atoms with E-state index in [9.17, 15) is 25.1 Å². The average Bonchev–Trinajstić information content (AvgIpc) is 2.53. The van der Waals surface area contributed by atoms with Gasteiger partial charge in [-0.1, -0.05) is 0 Å². The van der Waals surface area contributed by atoms with E-state index in [0.717, 1.165) is 5.01 Å². The summed E-state index contributed by atoms with van der Waals surface area (Å²) in [5.74, 6) is -3.68. The highest BCUT2D eigenvalue weighted by Crippen LogP contribution is 2.23. The van der Waals surface area contributed by atoms with Crippen LogP contribution in [-0.2, 0) is 4.79 Å². The molecule has 0 fully saturated rings. The molecule has 0 aliphatic carbocycles. The molecule has 2 rings (SSSR count). The standard InChI is InChI=1S/C10H9N3O5/c1-12-9(14)10(15,16)8(11-12)6-2-4-7(5-3-6)13(17)18/h2-5,15-16H,1H3. The zero-order chi connectivity index (χ0) is 13.5. The first-order valence-electron chi connectivity index (χ1n) is 4.91. The lowest BCUT2D eigenvalue weighted by Crippen LogP contribution is -2.45. The van der Waals surface area contributed by atoms with Crippen LogP contribution in [0.2, 0.25) is 0 Å². The van der Waals surface area contributed by atoms with Gasteiger partial charge in [0.25, 0.3) is 11.5 Å². The Balaban J connectivity index is 2.41. The maximum absolute atomic E-state index is 11.4. The molecule has 1 heterocycles. The highest BCUT2D eigenvalue weighted by atomic mass is 16.6. The van der Waals surface area contributed by atoms with Gasteiger partial charge in [-0.2, -0.15) is 5.10 Å². The first-order valence-corrected chi connectivity index (χ1v) is 4.91. The van der Waals surface area contributed by atoms with Crippen molar-refractivity contribution in [1.82, 2.24) is 5.01 Å². The molecule has 94 valence electrons. The van der Waals surface area contributed by atoms with Gasteiger partial charge in [0.2, 0.25) is 0 Å². The molecular weight excluding hydrogens is 242 g/mol. The van der Waals surface area contributed by atoms with Crippen molar-refractivity contribution in [1.29, 1.82) is 0 Å². The number of carbonyl (C=O) groups is 1. The number of hydrogen-bond donors (Lipinski definition) is 2. The molecule has 0 bridgehead atoms. The summed E-state index contributed by atoms with van der Waals surface area (Å²) in [4.78, 5) is 21.3. The van der Waals surface area contributed by atoms with E-state index in [1.807, 2.05) is 0 Å². The Morgan fingerprint density at radius 2 is 1.89 bits per heavy atom. The summed E-state index contributed by atoms with van der Waals surface area (Å²) in [6, 6.07) is 4.97. The summed E-state index contributed by atoms with van der Waals surface area (Å²) in [5, 5.41) is 34.2. The minimum atomic E-state index is -2.70. The van der Waals surface area contributed by atoms with Crippen molar-refractivity contribution >= 4 is 17.3 Å². The summed E-state index contributed by atoms with van der Waals surface area (Å²) < 4.78 is 0. The lowest BCUT2D eigenvalue weighted by Gasteiger charge is -2.14. The predicted molar refractivity (Wildman–Crippen MR) is 59.6 cm³/mol. The van der Waals surface area contributed by atoms with E-state index >= 15 is 0 Å². The largest absolute Gasteiger partial charge is 0.353 e. The van der Waals surface area contributed by atoms with Crippen LogP contribution in [0.5, 0.6) is 0 Å². The minimum absolute atomic E-state index is 0.140. The van der Waals surface area contributed by atoms with E-state index in [0.29, 0.717) is 0 Å². The second-order valence-electron chi connectivity index (χ2n) is 3.75. The molecule has 0 saturated heterocycles. The second-order valence-corrected chi connectivity index (χ2v) is 3.75. The van der Waals surface area contributed by atoms with Crippen LogP contribution in [0.3, 0.4) is 0 Å². The van der Waals surface area contributed by atoms with E-state index < -0.39 is 16.6 Å². The van der Waals surface area contributed by atoms with Crippen LogP contribution < -0.4 is 0 Å². The van der Waals surface area contributed by atoms with Gasteiger partial charge in [0, 0.05) is 24.7 Å². The monoisotopic (exact) mass is 251 g/mol. The molecule has 0 radical (unpaired) electrons. The fourth-order valence-corrected chi connectivity index (χ4v) is 1.59. The molecule has 18 heavy (non-hydrogen) atoms. The molecule has 2 N–H and O–H groups in total. The van der Waals surface area contributed by atoms with Gasteiger partial charge in [-0.3, -0.25) is 14.9 Å². The number of nitro groups is 1. The van der Waals surface area contributed by atoms with Crippen LogP contribution in [-0.4, -0.2) is 44.6 Å². The van der Waals surface area contributed by atoms with Crippen molar-refractivity contribution in [2.45, 2.75) is 5.79 Å².